The van der Waals surface area contributed by atoms with E-state index < -0.39 is 0 Å². The smallest absolute Gasteiger partial charge is 0.220 e. The average Bonchev–Trinajstić information content (AvgIpc) is 2.17. The second-order valence-electron chi connectivity index (χ2n) is 4.49. The SMILES string of the molecule is C=C(CC(C)=O)[C@H]1CC[C@H](C(N)=O)CC1. The van der Waals surface area contributed by atoms with Crippen molar-refractivity contribution in [1.82, 2.24) is 0 Å². The Labute approximate surface area is 90.7 Å². The van der Waals surface area contributed by atoms with Gasteiger partial charge in [0.05, 0.1) is 0 Å². The fourth-order valence-electron chi connectivity index (χ4n) is 2.25. The van der Waals surface area contributed by atoms with Gasteiger partial charge in [0.15, 0.2) is 0 Å². The van der Waals surface area contributed by atoms with Gasteiger partial charge in [0.25, 0.3) is 0 Å². The van der Waals surface area contributed by atoms with Crippen LogP contribution in [0.25, 0.3) is 0 Å². The van der Waals surface area contributed by atoms with E-state index in [9.17, 15) is 9.59 Å². The molecule has 1 saturated carbocycles. The number of ketones is 1. The van der Waals surface area contributed by atoms with Crippen molar-refractivity contribution >= 4 is 11.7 Å². The van der Waals surface area contributed by atoms with Crippen LogP contribution in [0.4, 0.5) is 0 Å². The summed E-state index contributed by atoms with van der Waals surface area (Å²) in [7, 11) is 0. The zero-order chi connectivity index (χ0) is 11.4. The average molecular weight is 209 g/mol. The molecule has 0 unspecified atom stereocenters. The molecule has 0 aromatic rings. The molecule has 1 fully saturated rings. The third kappa shape index (κ3) is 3.50. The molecule has 0 spiro atoms. The standard InChI is InChI=1S/C12H19NO2/c1-8(7-9(2)14)10-3-5-11(6-4-10)12(13)15/h10-11H,1,3-7H2,2H3,(H2,13,15)/t10-,11-. The molecule has 2 N–H and O–H groups in total. The van der Waals surface area contributed by atoms with Gasteiger partial charge in [-0.25, -0.2) is 0 Å². The van der Waals surface area contributed by atoms with Crippen molar-refractivity contribution in [3.63, 3.8) is 0 Å². The molecular formula is C12H19NO2. The largest absolute Gasteiger partial charge is 0.369 e. The van der Waals surface area contributed by atoms with Crippen molar-refractivity contribution in [2.75, 3.05) is 0 Å². The van der Waals surface area contributed by atoms with Gasteiger partial charge in [-0.3, -0.25) is 9.59 Å². The van der Waals surface area contributed by atoms with Gasteiger partial charge in [0.1, 0.15) is 5.78 Å². The minimum absolute atomic E-state index is 0.0337. The van der Waals surface area contributed by atoms with Crippen molar-refractivity contribution in [1.29, 1.82) is 0 Å². The lowest BCUT2D eigenvalue weighted by Gasteiger charge is -2.27. The first-order valence-corrected chi connectivity index (χ1v) is 5.47. The van der Waals surface area contributed by atoms with Crippen LogP contribution < -0.4 is 5.73 Å². The molecule has 1 aliphatic carbocycles. The number of allylic oxidation sites excluding steroid dienone is 1. The summed E-state index contributed by atoms with van der Waals surface area (Å²) >= 11 is 0. The molecule has 0 atom stereocenters. The summed E-state index contributed by atoms with van der Waals surface area (Å²) in [5.74, 6) is 0.415. The van der Waals surface area contributed by atoms with Crippen LogP contribution in [0, 0.1) is 11.8 Å². The first-order valence-electron chi connectivity index (χ1n) is 5.47. The molecule has 1 aliphatic rings. The Morgan fingerprint density at radius 1 is 1.20 bits per heavy atom. The van der Waals surface area contributed by atoms with Crippen molar-refractivity contribution in [3.05, 3.63) is 12.2 Å². The van der Waals surface area contributed by atoms with E-state index in [1.54, 1.807) is 6.92 Å². The number of hydrogen-bond acceptors (Lipinski definition) is 2. The topological polar surface area (TPSA) is 60.2 Å². The first-order chi connectivity index (χ1) is 7.00. The molecule has 3 nitrogen and oxygen atoms in total. The van der Waals surface area contributed by atoms with Gasteiger partial charge < -0.3 is 5.73 Å². The maximum absolute atomic E-state index is 11.0. The Hall–Kier alpha value is -1.12. The molecule has 15 heavy (non-hydrogen) atoms. The normalized spacial score (nSPS) is 25.9. The van der Waals surface area contributed by atoms with E-state index in [0.29, 0.717) is 12.3 Å². The minimum Gasteiger partial charge on any atom is -0.369 e. The second-order valence-corrected chi connectivity index (χ2v) is 4.49. The molecule has 3 heteroatoms. The fourth-order valence-corrected chi connectivity index (χ4v) is 2.25. The number of primary amides is 1. The maximum atomic E-state index is 11.0. The highest BCUT2D eigenvalue weighted by molar-refractivity contribution is 5.78. The van der Waals surface area contributed by atoms with Crippen LogP contribution in [0.3, 0.4) is 0 Å². The summed E-state index contributed by atoms with van der Waals surface area (Å²) in [5, 5.41) is 0. The highest BCUT2D eigenvalue weighted by atomic mass is 16.1. The van der Waals surface area contributed by atoms with Crippen LogP contribution in [0.5, 0.6) is 0 Å². The van der Waals surface area contributed by atoms with E-state index >= 15 is 0 Å². The maximum Gasteiger partial charge on any atom is 0.220 e. The number of nitrogens with two attached hydrogens (primary N) is 1. The van der Waals surface area contributed by atoms with E-state index in [4.69, 9.17) is 5.73 Å². The molecule has 1 rings (SSSR count). The lowest BCUT2D eigenvalue weighted by molar-refractivity contribution is -0.123. The minimum atomic E-state index is -0.189. The van der Waals surface area contributed by atoms with Crippen LogP contribution >= 0.6 is 0 Å². The summed E-state index contributed by atoms with van der Waals surface area (Å²) in [6, 6.07) is 0. The highest BCUT2D eigenvalue weighted by Crippen LogP contribution is 2.33. The second kappa shape index (κ2) is 5.10. The molecule has 0 heterocycles. The van der Waals surface area contributed by atoms with Gasteiger partial charge >= 0.3 is 0 Å². The summed E-state index contributed by atoms with van der Waals surface area (Å²) in [4.78, 5) is 21.9. The molecule has 0 saturated heterocycles. The third-order valence-corrected chi connectivity index (χ3v) is 3.18. The van der Waals surface area contributed by atoms with Crippen LogP contribution in [0.15, 0.2) is 12.2 Å². The van der Waals surface area contributed by atoms with Gasteiger partial charge in [-0.05, 0) is 38.5 Å². The molecule has 0 bridgehead atoms. The number of rotatable bonds is 4. The molecule has 1 amide bonds. The summed E-state index contributed by atoms with van der Waals surface area (Å²) in [5.41, 5.74) is 6.27. The lowest BCUT2D eigenvalue weighted by atomic mass is 9.77. The molecule has 0 aromatic heterocycles. The summed E-state index contributed by atoms with van der Waals surface area (Å²) in [6.45, 7) is 5.53. The number of amides is 1. The van der Waals surface area contributed by atoms with Crippen molar-refractivity contribution < 1.29 is 9.59 Å². The lowest BCUT2D eigenvalue weighted by Crippen LogP contribution is -2.28. The molecule has 0 radical (unpaired) electrons. The van der Waals surface area contributed by atoms with Crippen molar-refractivity contribution in [2.24, 2.45) is 17.6 Å². The van der Waals surface area contributed by atoms with E-state index in [1.165, 1.54) is 0 Å². The van der Waals surface area contributed by atoms with E-state index in [1.807, 2.05) is 0 Å². The fraction of sp³-hybridized carbons (Fsp3) is 0.667. The Morgan fingerprint density at radius 3 is 2.07 bits per heavy atom. The number of Topliss-reactive ketones (excluding diaryl/α,β-unsaturated/α-hetero) is 1. The predicted molar refractivity (Wildman–Crippen MR) is 59.1 cm³/mol. The summed E-state index contributed by atoms with van der Waals surface area (Å²) < 4.78 is 0. The van der Waals surface area contributed by atoms with Gasteiger partial charge in [0.2, 0.25) is 5.91 Å². The van der Waals surface area contributed by atoms with Crippen LogP contribution in [-0.4, -0.2) is 11.7 Å². The van der Waals surface area contributed by atoms with Crippen LogP contribution in [-0.2, 0) is 9.59 Å². The first kappa shape index (κ1) is 12.0. The monoisotopic (exact) mass is 209 g/mol. The molecular weight excluding hydrogens is 190 g/mol. The van der Waals surface area contributed by atoms with Crippen LogP contribution in [0.1, 0.15) is 39.0 Å². The van der Waals surface area contributed by atoms with Gasteiger partial charge in [-0.2, -0.15) is 0 Å². The Kier molecular flexibility index (Phi) is 4.06. The van der Waals surface area contributed by atoms with Crippen molar-refractivity contribution in [2.45, 2.75) is 39.0 Å². The van der Waals surface area contributed by atoms with Gasteiger partial charge in [0, 0.05) is 12.3 Å². The van der Waals surface area contributed by atoms with Gasteiger partial charge in [-0.15, -0.1) is 0 Å². The Balaban J connectivity index is 2.40. The van der Waals surface area contributed by atoms with Gasteiger partial charge in [-0.1, -0.05) is 12.2 Å². The quantitative estimate of drug-likeness (QED) is 0.718. The van der Waals surface area contributed by atoms with E-state index in [2.05, 4.69) is 6.58 Å². The Morgan fingerprint density at radius 2 is 1.67 bits per heavy atom. The third-order valence-electron chi connectivity index (χ3n) is 3.18. The molecule has 84 valence electrons. The van der Waals surface area contributed by atoms with Crippen LogP contribution in [0.2, 0.25) is 0 Å². The van der Waals surface area contributed by atoms with E-state index in [0.717, 1.165) is 31.3 Å². The van der Waals surface area contributed by atoms with Crippen molar-refractivity contribution in [3.8, 4) is 0 Å². The van der Waals surface area contributed by atoms with E-state index in [-0.39, 0.29) is 17.6 Å². The zero-order valence-electron chi connectivity index (χ0n) is 9.29. The Bertz CT molecular complexity index is 275. The highest BCUT2D eigenvalue weighted by Gasteiger charge is 2.26. The molecule has 0 aliphatic heterocycles. The number of carbonyl (C=O) groups excluding carboxylic acids is 2. The number of hydrogen-bond donors (Lipinski definition) is 1. The number of carbonyl (C=O) groups is 2. The molecule has 0 aromatic carbocycles. The zero-order valence-corrected chi connectivity index (χ0v) is 9.29. The predicted octanol–water partition coefficient (Wildman–Crippen LogP) is 1.81. The summed E-state index contributed by atoms with van der Waals surface area (Å²) in [6.07, 6.45) is 4.05.